The van der Waals surface area contributed by atoms with Crippen molar-refractivity contribution >= 4 is 5.91 Å². The van der Waals surface area contributed by atoms with Crippen LogP contribution in [0.4, 0.5) is 8.78 Å². The normalized spacial score (nSPS) is 12.6. The van der Waals surface area contributed by atoms with E-state index in [2.05, 4.69) is 5.32 Å². The van der Waals surface area contributed by atoms with E-state index in [0.717, 1.165) is 12.1 Å². The molecule has 3 nitrogen and oxygen atoms in total. The summed E-state index contributed by atoms with van der Waals surface area (Å²) in [6.45, 7) is 3.89. The molecule has 1 aromatic carbocycles. The van der Waals surface area contributed by atoms with E-state index in [9.17, 15) is 13.6 Å². The lowest BCUT2D eigenvalue weighted by Crippen LogP contribution is -2.34. The van der Waals surface area contributed by atoms with E-state index >= 15 is 0 Å². The monoisotopic (exact) mass is 256 g/mol. The second-order valence-electron chi connectivity index (χ2n) is 4.62. The minimum Gasteiger partial charge on any atom is -0.352 e. The molecular weight excluding hydrogens is 238 g/mol. The molecular formula is C13H18F2N2O. The number of nitrogens with one attached hydrogen (secondary N) is 1. The smallest absolute Gasteiger partial charge is 0.221 e. The van der Waals surface area contributed by atoms with Crippen LogP contribution in [0.5, 0.6) is 0 Å². The number of benzene rings is 1. The van der Waals surface area contributed by atoms with E-state index in [-0.39, 0.29) is 36.4 Å². The van der Waals surface area contributed by atoms with Crippen molar-refractivity contribution in [1.82, 2.24) is 5.32 Å². The zero-order valence-corrected chi connectivity index (χ0v) is 10.5. The third-order valence-electron chi connectivity index (χ3n) is 2.77. The van der Waals surface area contributed by atoms with E-state index in [1.54, 1.807) is 0 Å². The summed E-state index contributed by atoms with van der Waals surface area (Å²) in [6, 6.07) is 3.04. The molecule has 1 rings (SSSR count). The van der Waals surface area contributed by atoms with Gasteiger partial charge >= 0.3 is 0 Å². The second kappa shape index (κ2) is 6.44. The summed E-state index contributed by atoms with van der Waals surface area (Å²) >= 11 is 0. The van der Waals surface area contributed by atoms with Gasteiger partial charge in [-0.1, -0.05) is 19.9 Å². The van der Waals surface area contributed by atoms with E-state index in [1.807, 2.05) is 13.8 Å². The molecule has 1 atom stereocenters. The molecule has 0 saturated heterocycles. The van der Waals surface area contributed by atoms with Gasteiger partial charge in [-0.3, -0.25) is 4.79 Å². The fourth-order valence-corrected chi connectivity index (χ4v) is 1.38. The van der Waals surface area contributed by atoms with Gasteiger partial charge in [0.1, 0.15) is 11.6 Å². The van der Waals surface area contributed by atoms with Gasteiger partial charge in [-0.2, -0.15) is 0 Å². The van der Waals surface area contributed by atoms with E-state index in [1.165, 1.54) is 6.07 Å². The standard InChI is InChI=1S/C13H18F2N2O/c1-8(2)12(16)6-13(18)17-7-9-3-4-10(14)5-11(9)15/h3-5,8,12H,6-7,16H2,1-2H3,(H,17,18). The summed E-state index contributed by atoms with van der Waals surface area (Å²) in [5.74, 6) is -1.33. The summed E-state index contributed by atoms with van der Waals surface area (Å²) in [6.07, 6.45) is 0.195. The predicted molar refractivity (Wildman–Crippen MR) is 65.6 cm³/mol. The van der Waals surface area contributed by atoms with Crippen LogP contribution in [0.3, 0.4) is 0 Å². The van der Waals surface area contributed by atoms with Crippen molar-refractivity contribution < 1.29 is 13.6 Å². The van der Waals surface area contributed by atoms with Crippen molar-refractivity contribution in [3.05, 3.63) is 35.4 Å². The van der Waals surface area contributed by atoms with Crippen molar-refractivity contribution in [2.24, 2.45) is 11.7 Å². The molecule has 3 N–H and O–H groups in total. The highest BCUT2D eigenvalue weighted by molar-refractivity contribution is 5.76. The van der Waals surface area contributed by atoms with Crippen LogP contribution in [0.2, 0.25) is 0 Å². The number of carbonyl (C=O) groups is 1. The molecule has 0 aliphatic carbocycles. The Bertz CT molecular complexity index is 421. The molecule has 1 aromatic rings. The molecule has 18 heavy (non-hydrogen) atoms. The Morgan fingerprint density at radius 3 is 2.61 bits per heavy atom. The van der Waals surface area contributed by atoms with Crippen molar-refractivity contribution in [1.29, 1.82) is 0 Å². The maximum absolute atomic E-state index is 13.3. The molecule has 1 unspecified atom stereocenters. The van der Waals surface area contributed by atoms with Crippen LogP contribution in [-0.4, -0.2) is 11.9 Å². The molecule has 0 fully saturated rings. The molecule has 0 radical (unpaired) electrons. The number of amides is 1. The SMILES string of the molecule is CC(C)C(N)CC(=O)NCc1ccc(F)cc1F. The Morgan fingerprint density at radius 1 is 1.39 bits per heavy atom. The van der Waals surface area contributed by atoms with Crippen LogP contribution >= 0.6 is 0 Å². The molecule has 0 aromatic heterocycles. The van der Waals surface area contributed by atoms with Gasteiger partial charge in [-0.05, 0) is 12.0 Å². The molecule has 0 bridgehead atoms. The van der Waals surface area contributed by atoms with Crippen LogP contribution in [-0.2, 0) is 11.3 Å². The Balaban J connectivity index is 2.47. The predicted octanol–water partition coefficient (Wildman–Crippen LogP) is 1.95. The van der Waals surface area contributed by atoms with Crippen LogP contribution in [0.15, 0.2) is 18.2 Å². The Morgan fingerprint density at radius 2 is 2.06 bits per heavy atom. The largest absolute Gasteiger partial charge is 0.352 e. The van der Waals surface area contributed by atoms with Crippen LogP contribution < -0.4 is 11.1 Å². The zero-order valence-electron chi connectivity index (χ0n) is 10.5. The summed E-state index contributed by atoms with van der Waals surface area (Å²) < 4.78 is 25.9. The quantitative estimate of drug-likeness (QED) is 0.846. The summed E-state index contributed by atoms with van der Waals surface area (Å²) in [5, 5.41) is 2.56. The van der Waals surface area contributed by atoms with E-state index < -0.39 is 11.6 Å². The lowest BCUT2D eigenvalue weighted by molar-refractivity contribution is -0.121. The zero-order chi connectivity index (χ0) is 13.7. The lowest BCUT2D eigenvalue weighted by Gasteiger charge is -2.15. The first-order valence-corrected chi connectivity index (χ1v) is 5.86. The lowest BCUT2D eigenvalue weighted by atomic mass is 10.0. The maximum atomic E-state index is 13.3. The number of halogens is 2. The van der Waals surface area contributed by atoms with Gasteiger partial charge < -0.3 is 11.1 Å². The van der Waals surface area contributed by atoms with Crippen molar-refractivity contribution in [2.45, 2.75) is 32.9 Å². The fourth-order valence-electron chi connectivity index (χ4n) is 1.38. The Labute approximate surface area is 105 Å². The van der Waals surface area contributed by atoms with Crippen molar-refractivity contribution in [3.63, 3.8) is 0 Å². The first kappa shape index (κ1) is 14.6. The van der Waals surface area contributed by atoms with E-state index in [4.69, 9.17) is 5.73 Å². The van der Waals surface area contributed by atoms with Crippen molar-refractivity contribution in [3.8, 4) is 0 Å². The van der Waals surface area contributed by atoms with Gasteiger partial charge in [0.2, 0.25) is 5.91 Å². The van der Waals surface area contributed by atoms with E-state index in [0.29, 0.717) is 0 Å². The van der Waals surface area contributed by atoms with Gasteiger partial charge in [0, 0.05) is 30.6 Å². The van der Waals surface area contributed by atoms with Gasteiger partial charge in [-0.25, -0.2) is 8.78 Å². The highest BCUT2D eigenvalue weighted by atomic mass is 19.1. The average Bonchev–Trinajstić information content (AvgIpc) is 2.27. The van der Waals surface area contributed by atoms with Crippen LogP contribution in [0, 0.1) is 17.6 Å². The number of rotatable bonds is 5. The minimum atomic E-state index is -0.663. The second-order valence-corrected chi connectivity index (χ2v) is 4.62. The Kier molecular flexibility index (Phi) is 5.22. The fraction of sp³-hybridized carbons (Fsp3) is 0.462. The number of hydrogen-bond acceptors (Lipinski definition) is 2. The molecule has 0 heterocycles. The Hall–Kier alpha value is -1.49. The van der Waals surface area contributed by atoms with Crippen LogP contribution in [0.1, 0.15) is 25.8 Å². The highest BCUT2D eigenvalue weighted by Crippen LogP contribution is 2.09. The number of carbonyl (C=O) groups excluding carboxylic acids is 1. The molecule has 100 valence electrons. The maximum Gasteiger partial charge on any atom is 0.221 e. The molecule has 0 spiro atoms. The van der Waals surface area contributed by atoms with Gasteiger partial charge in [0.05, 0.1) is 0 Å². The number of hydrogen-bond donors (Lipinski definition) is 2. The highest BCUT2D eigenvalue weighted by Gasteiger charge is 2.13. The molecule has 0 saturated carbocycles. The molecule has 5 heteroatoms. The first-order valence-electron chi connectivity index (χ1n) is 5.86. The summed E-state index contributed by atoms with van der Waals surface area (Å²) in [4.78, 5) is 11.5. The summed E-state index contributed by atoms with van der Waals surface area (Å²) in [7, 11) is 0. The summed E-state index contributed by atoms with van der Waals surface area (Å²) in [5.41, 5.74) is 6.00. The molecule has 0 aliphatic heterocycles. The number of nitrogens with two attached hydrogens (primary N) is 1. The average molecular weight is 256 g/mol. The van der Waals surface area contributed by atoms with Crippen molar-refractivity contribution in [2.75, 3.05) is 0 Å². The van der Waals surface area contributed by atoms with Gasteiger partial charge in [0.25, 0.3) is 0 Å². The van der Waals surface area contributed by atoms with Gasteiger partial charge in [0.15, 0.2) is 0 Å². The van der Waals surface area contributed by atoms with Crippen LogP contribution in [0.25, 0.3) is 0 Å². The molecule has 1 amide bonds. The first-order chi connectivity index (χ1) is 8.40. The topological polar surface area (TPSA) is 55.1 Å². The third-order valence-corrected chi connectivity index (χ3v) is 2.77. The minimum absolute atomic E-state index is 0.0375. The molecule has 0 aliphatic rings. The van der Waals surface area contributed by atoms with Gasteiger partial charge in [-0.15, -0.1) is 0 Å². The third kappa shape index (κ3) is 4.41.